The molecule has 0 spiro atoms. The van der Waals surface area contributed by atoms with E-state index in [1.807, 2.05) is 0 Å². The second-order valence-corrected chi connectivity index (χ2v) is 10.7. The number of nitrogens with one attached hydrogen (secondary N) is 1. The van der Waals surface area contributed by atoms with Crippen molar-refractivity contribution in [2.45, 2.75) is 81.8 Å². The molecule has 1 saturated carbocycles. The first kappa shape index (κ1) is 26.8. The first-order valence-corrected chi connectivity index (χ1v) is 13.0. The Hall–Kier alpha value is -0.840. The lowest BCUT2D eigenvalue weighted by Crippen LogP contribution is -2.63. The van der Waals surface area contributed by atoms with Crippen LogP contribution in [-0.4, -0.2) is 54.0 Å². The molecule has 2 aromatic carbocycles. The van der Waals surface area contributed by atoms with Crippen molar-refractivity contribution in [1.29, 1.82) is 0 Å². The monoisotopic (exact) mass is 493 g/mol. The Kier molecular flexibility index (Phi) is 9.51. The molecule has 1 unspecified atom stereocenters. The minimum absolute atomic E-state index is 0. The zero-order valence-corrected chi connectivity index (χ0v) is 21.6. The van der Waals surface area contributed by atoms with E-state index in [0.29, 0.717) is 0 Å². The van der Waals surface area contributed by atoms with Crippen molar-refractivity contribution in [2.24, 2.45) is 0 Å². The van der Waals surface area contributed by atoms with Crippen LogP contribution in [0.5, 0.6) is 0 Å². The van der Waals surface area contributed by atoms with Crippen molar-refractivity contribution < 1.29 is 9.59 Å². The number of hydrogen-bond donors (Lipinski definition) is 2. The fourth-order valence-corrected chi connectivity index (χ4v) is 7.08. The van der Waals surface area contributed by atoms with Crippen molar-refractivity contribution in [2.75, 3.05) is 32.7 Å². The number of aliphatic hydroxyl groups is 1. The molecular formula is C28H43Cl2N2O+. The van der Waals surface area contributed by atoms with Gasteiger partial charge in [-0.1, -0.05) is 61.7 Å². The lowest BCUT2D eigenvalue weighted by atomic mass is 9.71. The molecular weight excluding hydrogens is 451 g/mol. The van der Waals surface area contributed by atoms with E-state index in [2.05, 4.69) is 47.8 Å². The molecule has 3 aliphatic rings. The number of rotatable bonds is 5. The van der Waals surface area contributed by atoms with Gasteiger partial charge in [-0.25, -0.2) is 0 Å². The average molecular weight is 495 g/mol. The van der Waals surface area contributed by atoms with E-state index in [1.165, 1.54) is 85.3 Å². The Morgan fingerprint density at radius 1 is 0.848 bits per heavy atom. The van der Waals surface area contributed by atoms with Crippen LogP contribution >= 0.6 is 24.8 Å². The predicted molar refractivity (Wildman–Crippen MR) is 144 cm³/mol. The summed E-state index contributed by atoms with van der Waals surface area (Å²) in [5.74, 6) is 0.241. The SMILES string of the molecule is Cl.Cl.OC1(C(C[N+]2(C3CCNCC3)CCCCC2)c2ccc3ccccc3c2)CCCCC1. The quantitative estimate of drug-likeness (QED) is 0.484. The van der Waals surface area contributed by atoms with Crippen molar-refractivity contribution in [3.8, 4) is 0 Å². The number of hydrogen-bond acceptors (Lipinski definition) is 2. The van der Waals surface area contributed by atoms with Gasteiger partial charge in [0.2, 0.25) is 0 Å². The third-order valence-electron chi connectivity index (χ3n) is 8.88. The van der Waals surface area contributed by atoms with Gasteiger partial charge in [0.15, 0.2) is 0 Å². The number of nitrogens with zero attached hydrogens (tertiary/aromatic N) is 1. The first-order valence-electron chi connectivity index (χ1n) is 13.0. The highest BCUT2D eigenvalue weighted by molar-refractivity contribution is 5.85. The van der Waals surface area contributed by atoms with Gasteiger partial charge in [0.25, 0.3) is 0 Å². The summed E-state index contributed by atoms with van der Waals surface area (Å²) in [4.78, 5) is 0. The van der Waals surface area contributed by atoms with Gasteiger partial charge in [0.1, 0.15) is 0 Å². The van der Waals surface area contributed by atoms with Crippen LogP contribution in [0.15, 0.2) is 42.5 Å². The van der Waals surface area contributed by atoms with E-state index in [-0.39, 0.29) is 30.7 Å². The normalized spacial score (nSPS) is 23.8. The van der Waals surface area contributed by atoms with Crippen LogP contribution in [0, 0.1) is 0 Å². The molecule has 0 radical (unpaired) electrons. The summed E-state index contributed by atoms with van der Waals surface area (Å²) < 4.78 is 1.25. The molecule has 2 heterocycles. The van der Waals surface area contributed by atoms with Crippen LogP contribution < -0.4 is 5.32 Å². The van der Waals surface area contributed by atoms with Crippen molar-refractivity contribution in [3.63, 3.8) is 0 Å². The molecule has 184 valence electrons. The molecule has 5 rings (SSSR count). The van der Waals surface area contributed by atoms with E-state index in [1.54, 1.807) is 0 Å². The van der Waals surface area contributed by atoms with Gasteiger partial charge in [-0.3, -0.25) is 0 Å². The van der Waals surface area contributed by atoms with Gasteiger partial charge in [-0.15, -0.1) is 24.8 Å². The third kappa shape index (κ3) is 5.70. The predicted octanol–water partition coefficient (Wildman–Crippen LogP) is 6.21. The molecule has 2 aliphatic heterocycles. The number of fused-ring (bicyclic) bond motifs is 1. The minimum atomic E-state index is -0.545. The zero-order chi connectivity index (χ0) is 21.2. The van der Waals surface area contributed by atoms with Crippen LogP contribution in [0.2, 0.25) is 0 Å². The molecule has 0 aromatic heterocycles. The third-order valence-corrected chi connectivity index (χ3v) is 8.88. The molecule has 2 saturated heterocycles. The number of halogens is 2. The van der Waals surface area contributed by atoms with Crippen molar-refractivity contribution in [3.05, 3.63) is 48.0 Å². The van der Waals surface area contributed by atoms with Crippen molar-refractivity contribution in [1.82, 2.24) is 5.32 Å². The number of benzene rings is 2. The molecule has 1 aliphatic carbocycles. The van der Waals surface area contributed by atoms with E-state index < -0.39 is 5.60 Å². The second kappa shape index (κ2) is 11.7. The highest BCUT2D eigenvalue weighted by Gasteiger charge is 2.47. The minimum Gasteiger partial charge on any atom is -0.389 e. The topological polar surface area (TPSA) is 32.3 Å². The van der Waals surface area contributed by atoms with Gasteiger partial charge in [-0.05, 0) is 48.4 Å². The van der Waals surface area contributed by atoms with Crippen LogP contribution in [0.1, 0.15) is 75.7 Å². The molecule has 3 fully saturated rings. The second-order valence-electron chi connectivity index (χ2n) is 10.7. The standard InChI is InChI=1S/C28H41N2O.2ClH/c31-28(15-5-1-6-16-28)27(25-12-11-23-9-3-4-10-24(23)21-25)22-30(19-7-2-8-20-30)26-13-17-29-18-14-26;;/h3-4,9-12,21,26-27,29,31H,1-2,5-8,13-20,22H2;2*1H/q+1;;. The van der Waals surface area contributed by atoms with E-state index >= 15 is 0 Å². The molecule has 2 aromatic rings. The Morgan fingerprint density at radius 3 is 2.18 bits per heavy atom. The lowest BCUT2D eigenvalue weighted by Gasteiger charge is -2.52. The summed E-state index contributed by atoms with van der Waals surface area (Å²) >= 11 is 0. The van der Waals surface area contributed by atoms with Crippen LogP contribution in [0.3, 0.4) is 0 Å². The summed E-state index contributed by atoms with van der Waals surface area (Å²) in [6.07, 6.45) is 12.2. The first-order chi connectivity index (χ1) is 15.2. The van der Waals surface area contributed by atoms with Crippen LogP contribution in [0.4, 0.5) is 0 Å². The highest BCUT2D eigenvalue weighted by Crippen LogP contribution is 2.44. The van der Waals surface area contributed by atoms with E-state index in [0.717, 1.165) is 38.5 Å². The Morgan fingerprint density at radius 2 is 1.48 bits per heavy atom. The number of piperidine rings is 2. The van der Waals surface area contributed by atoms with Gasteiger partial charge >= 0.3 is 0 Å². The smallest absolute Gasteiger partial charge is 0.0915 e. The fraction of sp³-hybridized carbons (Fsp3) is 0.643. The highest BCUT2D eigenvalue weighted by atomic mass is 35.5. The molecule has 0 amide bonds. The molecule has 33 heavy (non-hydrogen) atoms. The maximum atomic E-state index is 12.1. The van der Waals surface area contributed by atoms with Crippen LogP contribution in [-0.2, 0) is 0 Å². The van der Waals surface area contributed by atoms with Crippen LogP contribution in [0.25, 0.3) is 10.8 Å². The van der Waals surface area contributed by atoms with Gasteiger partial charge in [-0.2, -0.15) is 0 Å². The zero-order valence-electron chi connectivity index (χ0n) is 20.0. The Bertz CT molecular complexity index is 871. The molecule has 2 N–H and O–H groups in total. The summed E-state index contributed by atoms with van der Waals surface area (Å²) in [6.45, 7) is 6.07. The Labute approximate surface area is 212 Å². The fourth-order valence-electron chi connectivity index (χ4n) is 7.08. The summed E-state index contributed by atoms with van der Waals surface area (Å²) in [6, 6.07) is 16.5. The summed E-state index contributed by atoms with van der Waals surface area (Å²) in [7, 11) is 0. The van der Waals surface area contributed by atoms with E-state index in [9.17, 15) is 5.11 Å². The maximum Gasteiger partial charge on any atom is 0.0915 e. The van der Waals surface area contributed by atoms with Gasteiger partial charge < -0.3 is 14.9 Å². The number of likely N-dealkylation sites (tertiary alicyclic amines) is 1. The Balaban J connectivity index is 0.00000153. The van der Waals surface area contributed by atoms with Gasteiger partial charge in [0.05, 0.1) is 37.2 Å². The van der Waals surface area contributed by atoms with Crippen molar-refractivity contribution >= 4 is 35.6 Å². The van der Waals surface area contributed by atoms with Gasteiger partial charge in [0, 0.05) is 25.9 Å². The molecule has 5 heteroatoms. The van der Waals surface area contributed by atoms with E-state index in [4.69, 9.17) is 0 Å². The summed E-state index contributed by atoms with van der Waals surface area (Å²) in [5, 5.41) is 18.3. The average Bonchev–Trinajstić information content (AvgIpc) is 2.84. The molecule has 1 atom stereocenters. The molecule has 3 nitrogen and oxygen atoms in total. The maximum absolute atomic E-state index is 12.1. The molecule has 0 bridgehead atoms. The summed E-state index contributed by atoms with van der Waals surface area (Å²) in [5.41, 5.74) is 0.830. The largest absolute Gasteiger partial charge is 0.389 e. The lowest BCUT2D eigenvalue weighted by molar-refractivity contribution is -0.958. The number of quaternary nitrogens is 1.